The summed E-state index contributed by atoms with van der Waals surface area (Å²) in [6, 6.07) is 7.08. The van der Waals surface area contributed by atoms with Gasteiger partial charge >= 0.3 is 0 Å². The number of carbonyl (C=O) groups excluding carboxylic acids is 2. The van der Waals surface area contributed by atoms with Gasteiger partial charge in [0.2, 0.25) is 5.91 Å². The van der Waals surface area contributed by atoms with Gasteiger partial charge in [-0.1, -0.05) is 26.0 Å². The van der Waals surface area contributed by atoms with E-state index in [1.165, 1.54) is 6.08 Å². The number of hydrogen-bond acceptors (Lipinski definition) is 2. The van der Waals surface area contributed by atoms with E-state index in [-0.39, 0.29) is 11.8 Å². The van der Waals surface area contributed by atoms with Gasteiger partial charge in [-0.3, -0.25) is 9.59 Å². The fraction of sp³-hybridized carbons (Fsp3) is 0.375. The lowest BCUT2D eigenvalue weighted by Gasteiger charge is -2.04. The van der Waals surface area contributed by atoms with Crippen molar-refractivity contribution in [3.8, 4) is 0 Å². The Bertz CT molecular complexity index is 476. The molecule has 1 aromatic carbocycles. The van der Waals surface area contributed by atoms with E-state index in [4.69, 9.17) is 0 Å². The van der Waals surface area contributed by atoms with Crippen LogP contribution in [0.25, 0.3) is 6.08 Å². The molecule has 0 saturated heterocycles. The first kappa shape index (κ1) is 16.0. The Morgan fingerprint density at radius 2 is 1.85 bits per heavy atom. The molecule has 0 unspecified atom stereocenters. The molecule has 0 aliphatic rings. The summed E-state index contributed by atoms with van der Waals surface area (Å²) >= 11 is 0. The van der Waals surface area contributed by atoms with Crippen LogP contribution in [0.3, 0.4) is 0 Å². The van der Waals surface area contributed by atoms with Crippen molar-refractivity contribution in [3.05, 3.63) is 41.5 Å². The molecule has 0 saturated carbocycles. The van der Waals surface area contributed by atoms with Gasteiger partial charge in [0.15, 0.2) is 0 Å². The van der Waals surface area contributed by atoms with Crippen LogP contribution in [0.5, 0.6) is 0 Å². The molecular weight excluding hydrogens is 252 g/mol. The third kappa shape index (κ3) is 5.69. The van der Waals surface area contributed by atoms with Crippen molar-refractivity contribution in [3.63, 3.8) is 0 Å². The molecule has 4 nitrogen and oxygen atoms in total. The van der Waals surface area contributed by atoms with Gasteiger partial charge in [0.05, 0.1) is 0 Å². The predicted octanol–water partition coefficient (Wildman–Crippen LogP) is 2.22. The molecule has 0 atom stereocenters. The van der Waals surface area contributed by atoms with Crippen LogP contribution in [0.1, 0.15) is 36.2 Å². The summed E-state index contributed by atoms with van der Waals surface area (Å²) in [5.41, 5.74) is 1.49. The van der Waals surface area contributed by atoms with Crippen molar-refractivity contribution in [2.45, 2.75) is 20.3 Å². The summed E-state index contributed by atoms with van der Waals surface area (Å²) in [4.78, 5) is 22.9. The Labute approximate surface area is 120 Å². The summed E-state index contributed by atoms with van der Waals surface area (Å²) < 4.78 is 0. The summed E-state index contributed by atoms with van der Waals surface area (Å²) in [6.45, 7) is 4.93. The van der Waals surface area contributed by atoms with E-state index in [0.29, 0.717) is 18.0 Å². The molecule has 1 aromatic rings. The van der Waals surface area contributed by atoms with Gasteiger partial charge < -0.3 is 10.6 Å². The molecule has 1 rings (SSSR count). The number of hydrogen-bond donors (Lipinski definition) is 2. The zero-order valence-electron chi connectivity index (χ0n) is 12.3. The average Bonchev–Trinajstić information content (AvgIpc) is 2.44. The number of benzene rings is 1. The van der Waals surface area contributed by atoms with Crippen LogP contribution in [-0.4, -0.2) is 25.4 Å². The van der Waals surface area contributed by atoms with Crippen molar-refractivity contribution in [2.24, 2.45) is 5.92 Å². The molecule has 20 heavy (non-hydrogen) atoms. The smallest absolute Gasteiger partial charge is 0.251 e. The molecule has 0 aliphatic carbocycles. The van der Waals surface area contributed by atoms with Crippen LogP contribution < -0.4 is 10.6 Å². The van der Waals surface area contributed by atoms with E-state index in [9.17, 15) is 9.59 Å². The maximum atomic E-state index is 11.6. The maximum Gasteiger partial charge on any atom is 0.251 e. The molecule has 4 heteroatoms. The van der Waals surface area contributed by atoms with E-state index in [1.807, 2.05) is 12.1 Å². The molecule has 0 heterocycles. The summed E-state index contributed by atoms with van der Waals surface area (Å²) in [5, 5.41) is 5.40. The SMILES string of the molecule is CNC(=O)c1ccc(/C=C/C(=O)NCCC(C)C)cc1. The third-order valence-corrected chi connectivity index (χ3v) is 2.85. The first-order valence-electron chi connectivity index (χ1n) is 6.81. The average molecular weight is 274 g/mol. The van der Waals surface area contributed by atoms with Gasteiger partial charge in [-0.15, -0.1) is 0 Å². The lowest BCUT2D eigenvalue weighted by molar-refractivity contribution is -0.116. The highest BCUT2D eigenvalue weighted by atomic mass is 16.2. The number of nitrogens with one attached hydrogen (secondary N) is 2. The van der Waals surface area contributed by atoms with E-state index >= 15 is 0 Å². The molecule has 0 fully saturated rings. The Kier molecular flexibility index (Phi) is 6.50. The Balaban J connectivity index is 2.49. The lowest BCUT2D eigenvalue weighted by Crippen LogP contribution is -2.23. The Hall–Kier alpha value is -2.10. The third-order valence-electron chi connectivity index (χ3n) is 2.85. The van der Waals surface area contributed by atoms with E-state index < -0.39 is 0 Å². The largest absolute Gasteiger partial charge is 0.355 e. The van der Waals surface area contributed by atoms with Crippen LogP contribution in [-0.2, 0) is 4.79 Å². The fourth-order valence-corrected chi connectivity index (χ4v) is 1.60. The first-order chi connectivity index (χ1) is 9.52. The summed E-state index contributed by atoms with van der Waals surface area (Å²) in [5.74, 6) is 0.365. The van der Waals surface area contributed by atoms with Crippen LogP contribution in [0.2, 0.25) is 0 Å². The Morgan fingerprint density at radius 1 is 1.20 bits per heavy atom. The zero-order valence-corrected chi connectivity index (χ0v) is 12.3. The molecule has 2 N–H and O–H groups in total. The topological polar surface area (TPSA) is 58.2 Å². The molecule has 108 valence electrons. The van der Waals surface area contributed by atoms with Gasteiger partial charge in [-0.2, -0.15) is 0 Å². The van der Waals surface area contributed by atoms with Crippen molar-refractivity contribution in [1.29, 1.82) is 0 Å². The second-order valence-corrected chi connectivity index (χ2v) is 5.01. The molecule has 0 spiro atoms. The van der Waals surface area contributed by atoms with Gasteiger partial charge in [-0.05, 0) is 36.1 Å². The van der Waals surface area contributed by atoms with Crippen molar-refractivity contribution >= 4 is 17.9 Å². The lowest BCUT2D eigenvalue weighted by atomic mass is 10.1. The van der Waals surface area contributed by atoms with Crippen molar-refractivity contribution in [2.75, 3.05) is 13.6 Å². The van der Waals surface area contributed by atoms with E-state index in [1.54, 1.807) is 25.3 Å². The van der Waals surface area contributed by atoms with Gasteiger partial charge in [-0.25, -0.2) is 0 Å². The molecular formula is C16H22N2O2. The summed E-state index contributed by atoms with van der Waals surface area (Å²) in [6.07, 6.45) is 4.22. The molecule has 0 radical (unpaired) electrons. The quantitative estimate of drug-likeness (QED) is 0.781. The normalized spacial score (nSPS) is 10.8. The minimum Gasteiger partial charge on any atom is -0.355 e. The second kappa shape index (κ2) is 8.15. The first-order valence-corrected chi connectivity index (χ1v) is 6.81. The minimum atomic E-state index is -0.119. The Morgan fingerprint density at radius 3 is 2.40 bits per heavy atom. The number of carbonyl (C=O) groups is 2. The van der Waals surface area contributed by atoms with Gasteiger partial charge in [0.25, 0.3) is 5.91 Å². The highest BCUT2D eigenvalue weighted by molar-refractivity contribution is 5.94. The van der Waals surface area contributed by atoms with E-state index in [0.717, 1.165) is 12.0 Å². The monoisotopic (exact) mass is 274 g/mol. The fourth-order valence-electron chi connectivity index (χ4n) is 1.60. The second-order valence-electron chi connectivity index (χ2n) is 5.01. The predicted molar refractivity (Wildman–Crippen MR) is 81.3 cm³/mol. The van der Waals surface area contributed by atoms with Crippen molar-refractivity contribution < 1.29 is 9.59 Å². The van der Waals surface area contributed by atoms with Crippen molar-refractivity contribution in [1.82, 2.24) is 10.6 Å². The number of rotatable bonds is 6. The van der Waals surface area contributed by atoms with E-state index in [2.05, 4.69) is 24.5 Å². The van der Waals surface area contributed by atoms with Crippen LogP contribution >= 0.6 is 0 Å². The minimum absolute atomic E-state index is 0.0963. The van der Waals surface area contributed by atoms with Crippen LogP contribution in [0.4, 0.5) is 0 Å². The molecule has 0 aliphatic heterocycles. The van der Waals surface area contributed by atoms with Gasteiger partial charge in [0, 0.05) is 25.2 Å². The summed E-state index contributed by atoms with van der Waals surface area (Å²) in [7, 11) is 1.59. The number of amides is 2. The van der Waals surface area contributed by atoms with Crippen LogP contribution in [0.15, 0.2) is 30.3 Å². The highest BCUT2D eigenvalue weighted by Crippen LogP contribution is 2.06. The zero-order chi connectivity index (χ0) is 15.0. The maximum absolute atomic E-state index is 11.6. The standard InChI is InChI=1S/C16H22N2O2/c1-12(2)10-11-18-15(19)9-6-13-4-7-14(8-5-13)16(20)17-3/h4-9,12H,10-11H2,1-3H3,(H,17,20)(H,18,19)/b9-6+. The highest BCUT2D eigenvalue weighted by Gasteiger charge is 2.01. The molecule has 2 amide bonds. The van der Waals surface area contributed by atoms with Crippen LogP contribution in [0, 0.1) is 5.92 Å². The van der Waals surface area contributed by atoms with Gasteiger partial charge in [0.1, 0.15) is 0 Å². The molecule has 0 aromatic heterocycles. The molecule has 0 bridgehead atoms.